The average molecular weight is 187 g/mol. The number of guanidine groups is 1. The van der Waals surface area contributed by atoms with Crippen LogP contribution in [-0.4, -0.2) is 30.1 Å². The summed E-state index contributed by atoms with van der Waals surface area (Å²) in [6, 6.07) is 0.557. The Labute approximate surface area is 78.2 Å². The summed E-state index contributed by atoms with van der Waals surface area (Å²) in [4.78, 5) is 4.10. The monoisotopic (exact) mass is 187 g/mol. The normalized spacial score (nSPS) is 20.9. The highest BCUT2D eigenvalue weighted by Crippen LogP contribution is 2.16. The lowest BCUT2D eigenvalue weighted by atomic mass is 10.2. The molecule has 0 atom stereocenters. The lowest BCUT2D eigenvalue weighted by molar-refractivity contribution is 0.563. The molecule has 4 heteroatoms. The Morgan fingerprint density at radius 3 is 2.83 bits per heavy atom. The summed E-state index contributed by atoms with van der Waals surface area (Å²) in [6.07, 6.45) is 2.43. The van der Waals surface area contributed by atoms with Gasteiger partial charge in [-0.25, -0.2) is 0 Å². The smallest absolute Gasteiger partial charge is 0.188 e. The average Bonchev–Trinajstić information content (AvgIpc) is 2.06. The lowest BCUT2D eigenvalue weighted by Crippen LogP contribution is -2.41. The van der Waals surface area contributed by atoms with Crippen LogP contribution in [0.3, 0.4) is 0 Å². The number of nitrogens with two attached hydrogens (primary N) is 1. The van der Waals surface area contributed by atoms with E-state index in [2.05, 4.69) is 10.3 Å². The Morgan fingerprint density at radius 1 is 1.58 bits per heavy atom. The van der Waals surface area contributed by atoms with E-state index >= 15 is 0 Å². The van der Waals surface area contributed by atoms with Gasteiger partial charge in [0.1, 0.15) is 0 Å². The van der Waals surface area contributed by atoms with Crippen molar-refractivity contribution in [2.75, 3.05) is 18.1 Å². The van der Waals surface area contributed by atoms with Gasteiger partial charge in [0.15, 0.2) is 5.96 Å². The van der Waals surface area contributed by atoms with E-state index in [0.29, 0.717) is 12.0 Å². The van der Waals surface area contributed by atoms with Crippen LogP contribution in [0.1, 0.15) is 19.8 Å². The minimum Gasteiger partial charge on any atom is -0.370 e. The molecule has 0 bridgehead atoms. The molecule has 1 fully saturated rings. The van der Waals surface area contributed by atoms with Crippen molar-refractivity contribution in [1.82, 2.24) is 5.32 Å². The Hall–Kier alpha value is -0.380. The van der Waals surface area contributed by atoms with Crippen LogP contribution in [0.15, 0.2) is 4.99 Å². The van der Waals surface area contributed by atoms with Crippen molar-refractivity contribution in [3.63, 3.8) is 0 Å². The summed E-state index contributed by atoms with van der Waals surface area (Å²) in [5, 5.41) is 3.23. The highest BCUT2D eigenvalue weighted by Gasteiger charge is 2.13. The van der Waals surface area contributed by atoms with E-state index in [1.165, 1.54) is 24.3 Å². The third-order valence-electron chi connectivity index (χ3n) is 1.90. The standard InChI is InChI=1S/C8H17N3S/c1-2-10-8(9)11-7-3-5-12-6-4-7/h7H,2-6H2,1H3,(H3,9,10,11). The van der Waals surface area contributed by atoms with Crippen LogP contribution in [-0.2, 0) is 0 Å². The van der Waals surface area contributed by atoms with Crippen molar-refractivity contribution in [3.05, 3.63) is 0 Å². The van der Waals surface area contributed by atoms with E-state index in [-0.39, 0.29) is 0 Å². The van der Waals surface area contributed by atoms with Gasteiger partial charge in [-0.05, 0) is 31.3 Å². The third-order valence-corrected chi connectivity index (χ3v) is 2.95. The van der Waals surface area contributed by atoms with E-state index < -0.39 is 0 Å². The molecule has 3 nitrogen and oxygen atoms in total. The molecule has 1 aliphatic heterocycles. The molecule has 0 aliphatic carbocycles. The third kappa shape index (κ3) is 3.34. The Balaban J connectivity index is 2.24. The number of thioether (sulfide) groups is 1. The molecule has 12 heavy (non-hydrogen) atoms. The molecule has 0 spiro atoms. The second-order valence-corrected chi connectivity index (χ2v) is 4.12. The first kappa shape index (κ1) is 9.71. The summed E-state index contributed by atoms with van der Waals surface area (Å²) >= 11 is 2.02. The van der Waals surface area contributed by atoms with Crippen LogP contribution in [0.2, 0.25) is 0 Å². The second-order valence-electron chi connectivity index (χ2n) is 2.89. The molecule has 0 radical (unpaired) electrons. The Kier molecular flexibility index (Phi) is 4.29. The number of nitrogens with one attached hydrogen (secondary N) is 1. The van der Waals surface area contributed by atoms with Gasteiger partial charge in [-0.1, -0.05) is 0 Å². The van der Waals surface area contributed by atoms with Gasteiger partial charge < -0.3 is 11.1 Å². The zero-order chi connectivity index (χ0) is 8.81. The van der Waals surface area contributed by atoms with E-state index in [0.717, 1.165) is 6.54 Å². The summed E-state index contributed by atoms with van der Waals surface area (Å²) < 4.78 is 0. The van der Waals surface area contributed by atoms with Gasteiger partial charge in [-0.15, -0.1) is 0 Å². The molecule has 1 saturated heterocycles. The van der Waals surface area contributed by atoms with Crippen molar-refractivity contribution in [1.29, 1.82) is 0 Å². The maximum Gasteiger partial charge on any atom is 0.188 e. The highest BCUT2D eigenvalue weighted by atomic mass is 32.2. The van der Waals surface area contributed by atoms with Gasteiger partial charge in [-0.2, -0.15) is 11.8 Å². The largest absolute Gasteiger partial charge is 0.370 e. The van der Waals surface area contributed by atoms with Gasteiger partial charge in [0.2, 0.25) is 0 Å². The molecule has 0 aromatic heterocycles. The summed E-state index contributed by atoms with van der Waals surface area (Å²) in [6.45, 7) is 2.76. The van der Waals surface area contributed by atoms with Crippen molar-refractivity contribution in [2.45, 2.75) is 25.8 Å². The minimum absolute atomic E-state index is 0.557. The molecule has 0 aromatic carbocycles. The molecule has 1 rings (SSSR count). The lowest BCUT2D eigenvalue weighted by Gasteiger charge is -2.22. The zero-order valence-corrected chi connectivity index (χ0v) is 8.36. The molecule has 0 unspecified atom stereocenters. The molecular weight excluding hydrogens is 170 g/mol. The molecule has 0 amide bonds. The molecule has 1 aliphatic rings. The Bertz CT molecular complexity index is 152. The fourth-order valence-corrected chi connectivity index (χ4v) is 2.37. The number of nitrogens with zero attached hydrogens (tertiary/aromatic N) is 1. The predicted octanol–water partition coefficient (Wildman–Crippen LogP) is 0.806. The van der Waals surface area contributed by atoms with Crippen molar-refractivity contribution in [3.8, 4) is 0 Å². The number of hydrogen-bond donors (Lipinski definition) is 2. The molecule has 1 heterocycles. The molecule has 0 aromatic rings. The number of hydrogen-bond acceptors (Lipinski definition) is 2. The number of rotatable bonds is 2. The van der Waals surface area contributed by atoms with Crippen LogP contribution >= 0.6 is 11.8 Å². The van der Waals surface area contributed by atoms with Crippen molar-refractivity contribution in [2.24, 2.45) is 10.7 Å². The summed E-state index contributed by atoms with van der Waals surface area (Å²) in [7, 11) is 0. The fraction of sp³-hybridized carbons (Fsp3) is 0.875. The van der Waals surface area contributed by atoms with Crippen LogP contribution in [0.25, 0.3) is 0 Å². The van der Waals surface area contributed by atoms with E-state index in [1.807, 2.05) is 18.7 Å². The van der Waals surface area contributed by atoms with Gasteiger partial charge in [0.25, 0.3) is 0 Å². The molecule has 70 valence electrons. The highest BCUT2D eigenvalue weighted by molar-refractivity contribution is 7.99. The van der Waals surface area contributed by atoms with E-state index in [9.17, 15) is 0 Å². The number of aliphatic imine (C=N–C) groups is 1. The predicted molar refractivity (Wildman–Crippen MR) is 55.6 cm³/mol. The molecular formula is C8H17N3S. The van der Waals surface area contributed by atoms with Gasteiger partial charge in [0.05, 0.1) is 0 Å². The van der Waals surface area contributed by atoms with Crippen LogP contribution in [0.5, 0.6) is 0 Å². The quantitative estimate of drug-likeness (QED) is 0.497. The van der Waals surface area contributed by atoms with Crippen LogP contribution in [0, 0.1) is 0 Å². The van der Waals surface area contributed by atoms with E-state index in [1.54, 1.807) is 0 Å². The van der Waals surface area contributed by atoms with Crippen molar-refractivity contribution >= 4 is 17.7 Å². The molecule has 0 saturated carbocycles. The first-order valence-corrected chi connectivity index (χ1v) is 5.62. The second kappa shape index (κ2) is 5.30. The van der Waals surface area contributed by atoms with Gasteiger partial charge >= 0.3 is 0 Å². The van der Waals surface area contributed by atoms with Gasteiger partial charge in [-0.3, -0.25) is 4.99 Å². The first-order valence-electron chi connectivity index (χ1n) is 4.47. The topological polar surface area (TPSA) is 50.4 Å². The first-order chi connectivity index (χ1) is 5.83. The minimum atomic E-state index is 0.557. The van der Waals surface area contributed by atoms with Crippen LogP contribution < -0.4 is 11.1 Å². The van der Waals surface area contributed by atoms with Crippen LogP contribution in [0.4, 0.5) is 0 Å². The SMILES string of the molecule is CCN=C(N)NC1CCSCC1. The summed E-state index contributed by atoms with van der Waals surface area (Å²) in [5.74, 6) is 3.10. The maximum atomic E-state index is 5.65. The van der Waals surface area contributed by atoms with Crippen molar-refractivity contribution < 1.29 is 0 Å². The fourth-order valence-electron chi connectivity index (χ4n) is 1.27. The van der Waals surface area contributed by atoms with E-state index in [4.69, 9.17) is 5.73 Å². The summed E-state index contributed by atoms with van der Waals surface area (Å²) in [5.41, 5.74) is 5.65. The zero-order valence-electron chi connectivity index (χ0n) is 7.55. The maximum absolute atomic E-state index is 5.65. The van der Waals surface area contributed by atoms with Gasteiger partial charge in [0, 0.05) is 12.6 Å². The molecule has 3 N–H and O–H groups in total. The Morgan fingerprint density at radius 2 is 2.25 bits per heavy atom.